The van der Waals surface area contributed by atoms with Crippen molar-refractivity contribution in [3.63, 3.8) is 0 Å². The first-order valence-electron chi connectivity index (χ1n) is 5.22. The van der Waals surface area contributed by atoms with Crippen LogP contribution in [0.25, 0.3) is 0 Å². The summed E-state index contributed by atoms with van der Waals surface area (Å²) in [7, 11) is 0. The highest BCUT2D eigenvalue weighted by Gasteiger charge is 2.44. The van der Waals surface area contributed by atoms with Crippen LogP contribution in [0.4, 0.5) is 5.82 Å². The van der Waals surface area contributed by atoms with Crippen LogP contribution in [0, 0.1) is 0 Å². The predicted molar refractivity (Wildman–Crippen MR) is 58.2 cm³/mol. The first-order chi connectivity index (χ1) is 8.47. The van der Waals surface area contributed by atoms with Crippen molar-refractivity contribution in [2.75, 3.05) is 12.3 Å². The largest absolute Gasteiger partial charge is 0.394 e. The standard InChI is InChI=1S/C9H14N4O5/c10-7-4(8(11)17)12-2-13(7)9-6(16)5(15)3(1-14)18-9/h2-3,5-6,9,14-16H,1,10H2,(H2,11,17)/t3-,5-,6?,9-/m1/s1. The smallest absolute Gasteiger partial charge is 0.271 e. The zero-order chi connectivity index (χ0) is 13.4. The summed E-state index contributed by atoms with van der Waals surface area (Å²) in [5.74, 6) is -0.879. The fourth-order valence-electron chi connectivity index (χ4n) is 1.87. The van der Waals surface area contributed by atoms with E-state index < -0.39 is 37.1 Å². The summed E-state index contributed by atoms with van der Waals surface area (Å²) in [4.78, 5) is 14.7. The molecule has 2 heterocycles. The number of aliphatic hydroxyl groups excluding tert-OH is 3. The van der Waals surface area contributed by atoms with E-state index in [1.54, 1.807) is 0 Å². The second kappa shape index (κ2) is 4.53. The number of carbonyl (C=O) groups is 1. The highest BCUT2D eigenvalue weighted by Crippen LogP contribution is 2.31. The molecule has 1 aromatic rings. The summed E-state index contributed by atoms with van der Waals surface area (Å²) in [6, 6.07) is 0. The summed E-state index contributed by atoms with van der Waals surface area (Å²) in [6.07, 6.45) is -3.32. The molecule has 1 fully saturated rings. The van der Waals surface area contributed by atoms with Crippen molar-refractivity contribution >= 4 is 11.7 Å². The van der Waals surface area contributed by atoms with E-state index in [9.17, 15) is 15.0 Å². The van der Waals surface area contributed by atoms with Gasteiger partial charge in [0.05, 0.1) is 12.9 Å². The molecule has 1 saturated heterocycles. The zero-order valence-corrected chi connectivity index (χ0v) is 9.30. The van der Waals surface area contributed by atoms with Crippen molar-refractivity contribution in [2.24, 2.45) is 5.73 Å². The van der Waals surface area contributed by atoms with Gasteiger partial charge in [-0.05, 0) is 0 Å². The molecular formula is C9H14N4O5. The molecule has 1 aliphatic heterocycles. The molecule has 0 aliphatic carbocycles. The molecule has 4 atom stereocenters. The minimum absolute atomic E-state index is 0.0719. The summed E-state index contributed by atoms with van der Waals surface area (Å²) in [6.45, 7) is -0.452. The van der Waals surface area contributed by atoms with Gasteiger partial charge in [-0.1, -0.05) is 0 Å². The fourth-order valence-corrected chi connectivity index (χ4v) is 1.87. The number of hydrogen-bond donors (Lipinski definition) is 5. The molecule has 0 saturated carbocycles. The minimum Gasteiger partial charge on any atom is -0.394 e. The van der Waals surface area contributed by atoms with Gasteiger partial charge in [-0.2, -0.15) is 0 Å². The molecule has 9 nitrogen and oxygen atoms in total. The number of nitrogen functional groups attached to an aromatic ring is 1. The molecule has 0 aromatic carbocycles. The van der Waals surface area contributed by atoms with E-state index in [-0.39, 0.29) is 11.5 Å². The Balaban J connectivity index is 2.30. The molecule has 1 amide bonds. The van der Waals surface area contributed by atoms with Crippen LogP contribution >= 0.6 is 0 Å². The van der Waals surface area contributed by atoms with Crippen molar-refractivity contribution in [2.45, 2.75) is 24.5 Å². The van der Waals surface area contributed by atoms with Crippen LogP contribution in [0.5, 0.6) is 0 Å². The normalized spacial score (nSPS) is 31.7. The number of imidazole rings is 1. The highest BCUT2D eigenvalue weighted by molar-refractivity contribution is 5.95. The van der Waals surface area contributed by atoms with E-state index >= 15 is 0 Å². The number of aromatic nitrogens is 2. The molecule has 1 aromatic heterocycles. The summed E-state index contributed by atoms with van der Waals surface area (Å²) < 4.78 is 6.42. The summed E-state index contributed by atoms with van der Waals surface area (Å²) in [5, 5.41) is 28.3. The van der Waals surface area contributed by atoms with Crippen LogP contribution in [0.1, 0.15) is 16.7 Å². The van der Waals surface area contributed by atoms with Gasteiger partial charge >= 0.3 is 0 Å². The van der Waals surface area contributed by atoms with Gasteiger partial charge in [0.25, 0.3) is 5.91 Å². The van der Waals surface area contributed by atoms with Crippen LogP contribution in [0.3, 0.4) is 0 Å². The third-order valence-electron chi connectivity index (χ3n) is 2.86. The van der Waals surface area contributed by atoms with Gasteiger partial charge in [0.1, 0.15) is 24.1 Å². The number of hydrogen-bond acceptors (Lipinski definition) is 7. The third kappa shape index (κ3) is 1.82. The maximum absolute atomic E-state index is 11.0. The Morgan fingerprint density at radius 1 is 1.50 bits per heavy atom. The van der Waals surface area contributed by atoms with Crippen LogP contribution in [-0.2, 0) is 4.74 Å². The monoisotopic (exact) mass is 258 g/mol. The molecule has 0 spiro atoms. The Morgan fingerprint density at radius 2 is 2.17 bits per heavy atom. The lowest BCUT2D eigenvalue weighted by Crippen LogP contribution is -2.33. The van der Waals surface area contributed by atoms with Crippen LogP contribution < -0.4 is 11.5 Å². The Morgan fingerprint density at radius 3 is 2.61 bits per heavy atom. The van der Waals surface area contributed by atoms with E-state index in [4.69, 9.17) is 21.3 Å². The second-order valence-electron chi connectivity index (χ2n) is 3.98. The van der Waals surface area contributed by atoms with Gasteiger partial charge in [-0.15, -0.1) is 0 Å². The van der Waals surface area contributed by atoms with Gasteiger partial charge in [-0.25, -0.2) is 4.98 Å². The average Bonchev–Trinajstić information content (AvgIpc) is 2.82. The maximum Gasteiger partial charge on any atom is 0.271 e. The van der Waals surface area contributed by atoms with Crippen molar-refractivity contribution in [1.29, 1.82) is 0 Å². The quantitative estimate of drug-likeness (QED) is 0.391. The number of primary amides is 1. The Kier molecular flexibility index (Phi) is 3.22. The molecule has 2 rings (SSSR count). The fraction of sp³-hybridized carbons (Fsp3) is 0.556. The van der Waals surface area contributed by atoms with Crippen molar-refractivity contribution in [3.05, 3.63) is 12.0 Å². The number of aliphatic hydroxyl groups is 3. The lowest BCUT2D eigenvalue weighted by Gasteiger charge is -2.17. The first kappa shape index (κ1) is 12.8. The highest BCUT2D eigenvalue weighted by atomic mass is 16.6. The van der Waals surface area contributed by atoms with E-state index in [0.717, 1.165) is 0 Å². The number of carbonyl (C=O) groups excluding carboxylic acids is 1. The molecular weight excluding hydrogens is 244 g/mol. The number of amides is 1. The molecule has 7 N–H and O–H groups in total. The minimum atomic E-state index is -1.29. The Hall–Kier alpha value is -1.68. The van der Waals surface area contributed by atoms with Gasteiger partial charge in [0.15, 0.2) is 11.9 Å². The number of ether oxygens (including phenoxy) is 1. The zero-order valence-electron chi connectivity index (χ0n) is 9.30. The first-order valence-corrected chi connectivity index (χ1v) is 5.22. The van der Waals surface area contributed by atoms with Crippen LogP contribution in [-0.4, -0.2) is 55.7 Å². The van der Waals surface area contributed by atoms with E-state index in [1.165, 1.54) is 10.9 Å². The average molecular weight is 258 g/mol. The molecule has 0 bridgehead atoms. The Bertz CT molecular complexity index is 462. The number of nitrogens with two attached hydrogens (primary N) is 2. The number of rotatable bonds is 3. The summed E-state index contributed by atoms with van der Waals surface area (Å²) >= 11 is 0. The number of anilines is 1. The Labute approximate surface area is 102 Å². The third-order valence-corrected chi connectivity index (χ3v) is 2.86. The van der Waals surface area contributed by atoms with Gasteiger partial charge in [0, 0.05) is 0 Å². The molecule has 1 unspecified atom stereocenters. The lowest BCUT2D eigenvalue weighted by molar-refractivity contribution is -0.0518. The van der Waals surface area contributed by atoms with E-state index in [2.05, 4.69) is 4.98 Å². The number of nitrogens with zero attached hydrogens (tertiary/aromatic N) is 2. The van der Waals surface area contributed by atoms with E-state index in [0.29, 0.717) is 0 Å². The van der Waals surface area contributed by atoms with Crippen LogP contribution in [0.2, 0.25) is 0 Å². The molecule has 0 radical (unpaired) electrons. The lowest BCUT2D eigenvalue weighted by atomic mass is 10.1. The summed E-state index contributed by atoms with van der Waals surface area (Å²) in [5.41, 5.74) is 10.6. The molecule has 1 aliphatic rings. The topological polar surface area (TPSA) is 157 Å². The SMILES string of the molecule is NC(=O)c1ncn([C@@H]2O[C@H](CO)[C@@H](O)C2O)c1N. The maximum atomic E-state index is 11.0. The van der Waals surface area contributed by atoms with Crippen molar-refractivity contribution in [3.8, 4) is 0 Å². The van der Waals surface area contributed by atoms with Gasteiger partial charge < -0.3 is 31.5 Å². The van der Waals surface area contributed by atoms with E-state index in [1.807, 2.05) is 0 Å². The van der Waals surface area contributed by atoms with Crippen LogP contribution in [0.15, 0.2) is 6.33 Å². The molecule has 100 valence electrons. The van der Waals surface area contributed by atoms with Gasteiger partial charge in [-0.3, -0.25) is 9.36 Å². The molecule has 18 heavy (non-hydrogen) atoms. The second-order valence-corrected chi connectivity index (χ2v) is 3.98. The predicted octanol–water partition coefficient (Wildman–Crippen LogP) is -2.82. The van der Waals surface area contributed by atoms with Crippen molar-refractivity contribution in [1.82, 2.24) is 9.55 Å². The van der Waals surface area contributed by atoms with Crippen molar-refractivity contribution < 1.29 is 24.9 Å². The van der Waals surface area contributed by atoms with Gasteiger partial charge in [0.2, 0.25) is 0 Å². The molecule has 9 heteroatoms.